The maximum Gasteiger partial charge on any atom is 0.243 e. The lowest BCUT2D eigenvalue weighted by atomic mass is 10.3. The lowest BCUT2D eigenvalue weighted by molar-refractivity contribution is 0.000823. The van der Waals surface area contributed by atoms with Crippen molar-refractivity contribution in [3.05, 3.63) is 28.7 Å². The minimum Gasteiger partial charge on any atom is -0.374 e. The number of hydrogen-bond donors (Lipinski definition) is 1. The number of nitrogens with one attached hydrogen (secondary N) is 1. The Hall–Kier alpha value is -0.470. The third kappa shape index (κ3) is 3.55. The van der Waals surface area contributed by atoms with Gasteiger partial charge in [0, 0.05) is 24.1 Å². The fraction of sp³-hybridized carbons (Fsp3) is 0.500. The summed E-state index contributed by atoms with van der Waals surface area (Å²) in [6.07, 6.45) is -0.0966. The van der Waals surface area contributed by atoms with Crippen molar-refractivity contribution in [3.8, 4) is 0 Å². The normalized spacial score (nSPS) is 21.5. The lowest BCUT2D eigenvalue weighted by Crippen LogP contribution is -2.48. The Bertz CT molecular complexity index is 534. The van der Waals surface area contributed by atoms with Crippen LogP contribution in [0.3, 0.4) is 0 Å². The maximum absolute atomic E-state index is 12.5. The zero-order valence-corrected chi connectivity index (χ0v) is 13.1. The summed E-state index contributed by atoms with van der Waals surface area (Å²) in [5, 5.41) is 3.00. The second kappa shape index (κ2) is 6.32. The number of hydrogen-bond acceptors (Lipinski definition) is 4. The Kier molecular flexibility index (Phi) is 4.97. The van der Waals surface area contributed by atoms with E-state index < -0.39 is 10.0 Å². The number of nitrogens with zero attached hydrogens (tertiary/aromatic N) is 1. The summed E-state index contributed by atoms with van der Waals surface area (Å²) in [6.45, 7) is 1.86. The molecule has 5 nitrogen and oxygen atoms in total. The van der Waals surface area contributed by atoms with Crippen molar-refractivity contribution in [2.75, 3.05) is 33.3 Å². The van der Waals surface area contributed by atoms with Gasteiger partial charge in [0.1, 0.15) is 0 Å². The number of morpholine rings is 1. The molecule has 1 saturated heterocycles. The van der Waals surface area contributed by atoms with Crippen molar-refractivity contribution >= 4 is 26.0 Å². The van der Waals surface area contributed by atoms with Crippen molar-refractivity contribution in [1.29, 1.82) is 0 Å². The highest BCUT2D eigenvalue weighted by molar-refractivity contribution is 9.10. The minimum atomic E-state index is -3.44. The van der Waals surface area contributed by atoms with Crippen LogP contribution in [0.25, 0.3) is 0 Å². The van der Waals surface area contributed by atoms with E-state index in [9.17, 15) is 8.42 Å². The number of sulfonamides is 1. The van der Waals surface area contributed by atoms with Gasteiger partial charge in [-0.1, -0.05) is 22.0 Å². The van der Waals surface area contributed by atoms with Crippen LogP contribution in [0.2, 0.25) is 0 Å². The predicted octanol–water partition coefficient (Wildman–Crippen LogP) is 1.06. The van der Waals surface area contributed by atoms with Crippen LogP contribution in [-0.4, -0.2) is 52.1 Å². The van der Waals surface area contributed by atoms with Gasteiger partial charge in [0.25, 0.3) is 0 Å². The summed E-state index contributed by atoms with van der Waals surface area (Å²) in [5.74, 6) is 0. The first-order valence-electron chi connectivity index (χ1n) is 6.06. The maximum atomic E-state index is 12.5. The molecule has 1 unspecified atom stereocenters. The summed E-state index contributed by atoms with van der Waals surface area (Å²) in [7, 11) is -1.62. The third-order valence-electron chi connectivity index (χ3n) is 2.97. The fourth-order valence-electron chi connectivity index (χ4n) is 2.04. The molecule has 1 atom stereocenters. The second-order valence-electron chi connectivity index (χ2n) is 4.37. The third-order valence-corrected chi connectivity index (χ3v) is 5.32. The van der Waals surface area contributed by atoms with Crippen LogP contribution in [0, 0.1) is 0 Å². The number of halogens is 1. The highest BCUT2D eigenvalue weighted by atomic mass is 79.9. The van der Waals surface area contributed by atoms with E-state index in [0.717, 1.165) is 4.47 Å². The zero-order chi connectivity index (χ0) is 13.9. The first kappa shape index (κ1) is 14.9. The van der Waals surface area contributed by atoms with Gasteiger partial charge in [0.15, 0.2) is 0 Å². The van der Waals surface area contributed by atoms with Crippen LogP contribution in [0.1, 0.15) is 0 Å². The van der Waals surface area contributed by atoms with Crippen molar-refractivity contribution in [2.24, 2.45) is 0 Å². The molecule has 1 aromatic carbocycles. The summed E-state index contributed by atoms with van der Waals surface area (Å²) in [5.41, 5.74) is 0. The Labute approximate surface area is 122 Å². The van der Waals surface area contributed by atoms with Crippen LogP contribution in [0.4, 0.5) is 0 Å². The van der Waals surface area contributed by atoms with E-state index in [-0.39, 0.29) is 6.10 Å². The van der Waals surface area contributed by atoms with E-state index in [1.54, 1.807) is 18.2 Å². The van der Waals surface area contributed by atoms with Crippen molar-refractivity contribution in [1.82, 2.24) is 9.62 Å². The Morgan fingerprint density at radius 2 is 2.32 bits per heavy atom. The monoisotopic (exact) mass is 348 g/mol. The Morgan fingerprint density at radius 1 is 1.53 bits per heavy atom. The molecule has 0 aromatic heterocycles. The van der Waals surface area contributed by atoms with Gasteiger partial charge in [-0.15, -0.1) is 0 Å². The van der Waals surface area contributed by atoms with E-state index in [1.165, 1.54) is 4.31 Å². The van der Waals surface area contributed by atoms with E-state index in [4.69, 9.17) is 4.74 Å². The van der Waals surface area contributed by atoms with Gasteiger partial charge in [0.05, 0.1) is 17.6 Å². The summed E-state index contributed by atoms with van der Waals surface area (Å²) >= 11 is 3.30. The van der Waals surface area contributed by atoms with E-state index >= 15 is 0 Å². The van der Waals surface area contributed by atoms with Crippen molar-refractivity contribution in [2.45, 2.75) is 11.0 Å². The van der Waals surface area contributed by atoms with E-state index in [0.29, 0.717) is 31.1 Å². The molecule has 1 heterocycles. The van der Waals surface area contributed by atoms with Crippen molar-refractivity contribution < 1.29 is 13.2 Å². The van der Waals surface area contributed by atoms with Gasteiger partial charge in [-0.05, 0) is 25.2 Å². The molecule has 0 bridgehead atoms. The Balaban J connectivity index is 2.19. The molecule has 1 aliphatic rings. The number of ether oxygens (including phenoxy) is 1. The molecule has 0 aliphatic carbocycles. The molecule has 0 spiro atoms. The van der Waals surface area contributed by atoms with Gasteiger partial charge >= 0.3 is 0 Å². The van der Waals surface area contributed by atoms with Crippen LogP contribution in [-0.2, 0) is 14.8 Å². The molecule has 1 aromatic rings. The van der Waals surface area contributed by atoms with Crippen molar-refractivity contribution in [3.63, 3.8) is 0 Å². The van der Waals surface area contributed by atoms with Crippen LogP contribution in [0.15, 0.2) is 33.6 Å². The molecule has 0 radical (unpaired) electrons. The van der Waals surface area contributed by atoms with Gasteiger partial charge in [-0.25, -0.2) is 8.42 Å². The molecular weight excluding hydrogens is 332 g/mol. The number of likely N-dealkylation sites (N-methyl/N-ethyl adjacent to an activating group) is 1. The van der Waals surface area contributed by atoms with Gasteiger partial charge in [-0.2, -0.15) is 4.31 Å². The molecule has 2 rings (SSSR count). The standard InChI is InChI=1S/C12H17BrN2O3S/c1-14-8-11-9-15(5-6-18-11)19(16,17)12-4-2-3-10(13)7-12/h2-4,7,11,14H,5-6,8-9H2,1H3. The van der Waals surface area contributed by atoms with Gasteiger partial charge in [-0.3, -0.25) is 0 Å². The van der Waals surface area contributed by atoms with E-state index in [1.807, 2.05) is 13.1 Å². The minimum absolute atomic E-state index is 0.0966. The van der Waals surface area contributed by atoms with Crippen LogP contribution < -0.4 is 5.32 Å². The van der Waals surface area contributed by atoms with Crippen LogP contribution in [0.5, 0.6) is 0 Å². The number of rotatable bonds is 4. The highest BCUT2D eigenvalue weighted by Crippen LogP contribution is 2.21. The summed E-state index contributed by atoms with van der Waals surface area (Å²) in [6, 6.07) is 6.77. The molecule has 106 valence electrons. The molecular formula is C12H17BrN2O3S. The molecule has 7 heteroatoms. The topological polar surface area (TPSA) is 58.6 Å². The largest absolute Gasteiger partial charge is 0.374 e. The first-order chi connectivity index (χ1) is 9.04. The van der Waals surface area contributed by atoms with Gasteiger partial charge < -0.3 is 10.1 Å². The molecule has 1 fully saturated rings. The fourth-order valence-corrected chi connectivity index (χ4v) is 4.09. The summed E-state index contributed by atoms with van der Waals surface area (Å²) < 4.78 is 32.8. The summed E-state index contributed by atoms with van der Waals surface area (Å²) in [4.78, 5) is 0.312. The Morgan fingerprint density at radius 3 is 3.00 bits per heavy atom. The van der Waals surface area contributed by atoms with E-state index in [2.05, 4.69) is 21.2 Å². The lowest BCUT2D eigenvalue weighted by Gasteiger charge is -2.32. The average molecular weight is 349 g/mol. The molecule has 19 heavy (non-hydrogen) atoms. The SMILES string of the molecule is CNCC1CN(S(=O)(=O)c2cccc(Br)c2)CCO1. The average Bonchev–Trinajstić information content (AvgIpc) is 2.39. The van der Waals surface area contributed by atoms with Crippen LogP contribution >= 0.6 is 15.9 Å². The zero-order valence-electron chi connectivity index (χ0n) is 10.7. The molecule has 1 aliphatic heterocycles. The molecule has 0 saturated carbocycles. The number of benzene rings is 1. The molecule has 0 amide bonds. The predicted molar refractivity (Wildman–Crippen MR) is 76.6 cm³/mol. The molecule has 1 N–H and O–H groups in total. The highest BCUT2D eigenvalue weighted by Gasteiger charge is 2.30. The smallest absolute Gasteiger partial charge is 0.243 e. The quantitative estimate of drug-likeness (QED) is 0.883. The van der Waals surface area contributed by atoms with Gasteiger partial charge in [0.2, 0.25) is 10.0 Å². The first-order valence-corrected chi connectivity index (χ1v) is 8.29. The second-order valence-corrected chi connectivity index (χ2v) is 7.22.